The largest absolute Gasteiger partial charge is 0.335 e. The van der Waals surface area contributed by atoms with Crippen LogP contribution in [0.1, 0.15) is 42.5 Å². The lowest BCUT2D eigenvalue weighted by atomic mass is 9.96. The molecule has 2 fully saturated rings. The highest BCUT2D eigenvalue weighted by molar-refractivity contribution is 6.10. The smallest absolute Gasteiger partial charge is 0.317 e. The zero-order valence-electron chi connectivity index (χ0n) is 18.4. The van der Waals surface area contributed by atoms with E-state index in [-0.39, 0.29) is 42.8 Å². The molecule has 5 rings (SSSR count). The monoisotopic (exact) mass is 450 g/mol. The SMILES string of the molecule is O=C1Nc2ccc(-c3ccccc3F)cc2C(=O)N2CCN(C(=O)NC3CCCCC3)CC12. The first-order valence-corrected chi connectivity index (χ1v) is 11.6. The summed E-state index contributed by atoms with van der Waals surface area (Å²) in [6.45, 7) is 0.763. The average Bonchev–Trinajstić information content (AvgIpc) is 2.94. The normalized spacial score (nSPS) is 21.1. The first kappa shape index (κ1) is 21.4. The zero-order chi connectivity index (χ0) is 22.9. The third-order valence-corrected chi connectivity index (χ3v) is 6.86. The van der Waals surface area contributed by atoms with Crippen LogP contribution in [-0.4, -0.2) is 59.4 Å². The second-order valence-corrected chi connectivity index (χ2v) is 8.97. The molecule has 2 aromatic carbocycles. The van der Waals surface area contributed by atoms with Gasteiger partial charge in [-0.2, -0.15) is 0 Å². The summed E-state index contributed by atoms with van der Waals surface area (Å²) < 4.78 is 14.3. The van der Waals surface area contributed by atoms with Crippen LogP contribution in [0.3, 0.4) is 0 Å². The summed E-state index contributed by atoms with van der Waals surface area (Å²) in [5.41, 5.74) is 1.69. The number of anilines is 1. The average molecular weight is 451 g/mol. The van der Waals surface area contributed by atoms with Crippen molar-refractivity contribution in [3.05, 3.63) is 53.8 Å². The molecule has 1 atom stereocenters. The Morgan fingerprint density at radius 2 is 1.79 bits per heavy atom. The third-order valence-electron chi connectivity index (χ3n) is 6.86. The molecule has 33 heavy (non-hydrogen) atoms. The van der Waals surface area contributed by atoms with Crippen molar-refractivity contribution < 1.29 is 18.8 Å². The summed E-state index contributed by atoms with van der Waals surface area (Å²) in [6, 6.07) is 10.6. The number of rotatable bonds is 2. The summed E-state index contributed by atoms with van der Waals surface area (Å²) in [5.74, 6) is -0.993. The van der Waals surface area contributed by atoms with E-state index in [1.165, 1.54) is 17.4 Å². The lowest BCUT2D eigenvalue weighted by Gasteiger charge is -2.40. The fourth-order valence-electron chi connectivity index (χ4n) is 5.01. The minimum absolute atomic E-state index is 0.143. The van der Waals surface area contributed by atoms with Crippen molar-refractivity contribution in [1.29, 1.82) is 0 Å². The lowest BCUT2D eigenvalue weighted by molar-refractivity contribution is -0.121. The van der Waals surface area contributed by atoms with Crippen molar-refractivity contribution in [2.24, 2.45) is 0 Å². The van der Waals surface area contributed by atoms with Gasteiger partial charge in [0, 0.05) is 24.7 Å². The van der Waals surface area contributed by atoms with E-state index in [4.69, 9.17) is 0 Å². The molecule has 1 saturated carbocycles. The summed E-state index contributed by atoms with van der Waals surface area (Å²) >= 11 is 0. The van der Waals surface area contributed by atoms with Crippen LogP contribution in [0, 0.1) is 5.82 Å². The Morgan fingerprint density at radius 1 is 1.00 bits per heavy atom. The topological polar surface area (TPSA) is 81.8 Å². The van der Waals surface area contributed by atoms with Gasteiger partial charge in [0.1, 0.15) is 11.9 Å². The van der Waals surface area contributed by atoms with Crippen LogP contribution in [0.4, 0.5) is 14.9 Å². The van der Waals surface area contributed by atoms with E-state index in [9.17, 15) is 18.8 Å². The maximum Gasteiger partial charge on any atom is 0.317 e. The number of fused-ring (bicyclic) bond motifs is 2. The van der Waals surface area contributed by atoms with Crippen molar-refractivity contribution in [1.82, 2.24) is 15.1 Å². The second-order valence-electron chi connectivity index (χ2n) is 8.97. The van der Waals surface area contributed by atoms with Gasteiger partial charge in [-0.15, -0.1) is 0 Å². The van der Waals surface area contributed by atoms with Gasteiger partial charge in [0.25, 0.3) is 5.91 Å². The summed E-state index contributed by atoms with van der Waals surface area (Å²) in [5, 5.41) is 5.92. The Morgan fingerprint density at radius 3 is 2.58 bits per heavy atom. The summed E-state index contributed by atoms with van der Waals surface area (Å²) in [6.07, 6.45) is 5.40. The van der Waals surface area contributed by atoms with Crippen LogP contribution >= 0.6 is 0 Å². The number of piperazine rings is 1. The second kappa shape index (κ2) is 8.84. The molecule has 1 unspecified atom stereocenters. The molecule has 0 aromatic heterocycles. The number of nitrogens with one attached hydrogen (secondary N) is 2. The number of halogens is 1. The Kier molecular flexibility index (Phi) is 5.74. The van der Waals surface area contributed by atoms with Crippen LogP contribution < -0.4 is 10.6 Å². The highest BCUT2D eigenvalue weighted by atomic mass is 19.1. The van der Waals surface area contributed by atoms with Gasteiger partial charge in [-0.1, -0.05) is 43.5 Å². The van der Waals surface area contributed by atoms with E-state index in [0.29, 0.717) is 28.9 Å². The highest BCUT2D eigenvalue weighted by Crippen LogP contribution is 2.31. The van der Waals surface area contributed by atoms with Gasteiger partial charge in [-0.05, 0) is 36.6 Å². The minimum Gasteiger partial charge on any atom is -0.335 e. The molecule has 4 amide bonds. The van der Waals surface area contributed by atoms with Gasteiger partial charge >= 0.3 is 6.03 Å². The van der Waals surface area contributed by atoms with Gasteiger partial charge in [0.15, 0.2) is 0 Å². The molecule has 0 radical (unpaired) electrons. The fourth-order valence-corrected chi connectivity index (χ4v) is 5.01. The van der Waals surface area contributed by atoms with E-state index in [1.54, 1.807) is 41.3 Å². The zero-order valence-corrected chi connectivity index (χ0v) is 18.4. The van der Waals surface area contributed by atoms with Crippen LogP contribution in [0.15, 0.2) is 42.5 Å². The van der Waals surface area contributed by atoms with Crippen LogP contribution in [0.25, 0.3) is 11.1 Å². The molecule has 8 heteroatoms. The maximum absolute atomic E-state index is 14.3. The number of benzene rings is 2. The van der Waals surface area contributed by atoms with E-state index < -0.39 is 6.04 Å². The van der Waals surface area contributed by atoms with Crippen molar-refractivity contribution in [2.75, 3.05) is 25.0 Å². The van der Waals surface area contributed by atoms with Crippen molar-refractivity contribution in [3.63, 3.8) is 0 Å². The molecule has 0 bridgehead atoms. The molecule has 3 aliphatic rings. The van der Waals surface area contributed by atoms with Crippen LogP contribution in [0.2, 0.25) is 0 Å². The van der Waals surface area contributed by atoms with Gasteiger partial charge in [0.2, 0.25) is 5.91 Å². The lowest BCUT2D eigenvalue weighted by Crippen LogP contribution is -2.61. The van der Waals surface area contributed by atoms with E-state index in [1.807, 2.05) is 0 Å². The molecule has 0 spiro atoms. The van der Waals surface area contributed by atoms with E-state index in [0.717, 1.165) is 25.7 Å². The van der Waals surface area contributed by atoms with Gasteiger partial charge in [-0.25, -0.2) is 9.18 Å². The Hall–Kier alpha value is -3.42. The minimum atomic E-state index is -0.771. The quantitative estimate of drug-likeness (QED) is 0.733. The standard InChI is InChI=1S/C25H27FN4O3/c26-20-9-5-4-8-18(20)16-10-11-21-19(14-16)24(32)30-13-12-29(15-22(30)23(31)28-21)25(33)27-17-6-2-1-3-7-17/h4-5,8-11,14,17,22H,1-3,6-7,12-13,15H2,(H,27,33)(H,28,31). The molecular formula is C25H27FN4O3. The molecule has 2 aromatic rings. The number of amides is 4. The van der Waals surface area contributed by atoms with Crippen molar-refractivity contribution in [3.8, 4) is 11.1 Å². The molecule has 2 aliphatic heterocycles. The molecule has 2 heterocycles. The third kappa shape index (κ3) is 4.17. The Labute approximate surface area is 191 Å². The fraction of sp³-hybridized carbons (Fsp3) is 0.400. The molecule has 1 aliphatic carbocycles. The van der Waals surface area contributed by atoms with Crippen molar-refractivity contribution in [2.45, 2.75) is 44.2 Å². The van der Waals surface area contributed by atoms with Crippen LogP contribution in [-0.2, 0) is 4.79 Å². The number of carbonyl (C=O) groups is 3. The number of carbonyl (C=O) groups excluding carboxylic acids is 3. The first-order chi connectivity index (χ1) is 16.0. The van der Waals surface area contributed by atoms with E-state index >= 15 is 0 Å². The summed E-state index contributed by atoms with van der Waals surface area (Å²) in [7, 11) is 0. The predicted molar refractivity (Wildman–Crippen MR) is 122 cm³/mol. The first-order valence-electron chi connectivity index (χ1n) is 11.6. The number of nitrogens with zero attached hydrogens (tertiary/aromatic N) is 2. The van der Waals surface area contributed by atoms with Gasteiger partial charge in [-0.3, -0.25) is 9.59 Å². The molecule has 2 N–H and O–H groups in total. The molecule has 172 valence electrons. The van der Waals surface area contributed by atoms with Gasteiger partial charge in [0.05, 0.1) is 17.8 Å². The molecule has 7 nitrogen and oxygen atoms in total. The Bertz CT molecular complexity index is 1100. The molecular weight excluding hydrogens is 423 g/mol. The number of urea groups is 1. The van der Waals surface area contributed by atoms with E-state index in [2.05, 4.69) is 10.6 Å². The predicted octanol–water partition coefficient (Wildman–Crippen LogP) is 3.61. The number of hydrogen-bond donors (Lipinski definition) is 2. The number of hydrogen-bond acceptors (Lipinski definition) is 3. The van der Waals surface area contributed by atoms with Gasteiger partial charge < -0.3 is 20.4 Å². The summed E-state index contributed by atoms with van der Waals surface area (Å²) in [4.78, 5) is 42.4. The Balaban J connectivity index is 1.36. The van der Waals surface area contributed by atoms with Crippen LogP contribution in [0.5, 0.6) is 0 Å². The maximum atomic E-state index is 14.3. The molecule has 1 saturated heterocycles. The van der Waals surface area contributed by atoms with Crippen molar-refractivity contribution >= 4 is 23.5 Å². The highest BCUT2D eigenvalue weighted by Gasteiger charge is 2.40.